The van der Waals surface area contributed by atoms with E-state index >= 15 is 0 Å². The molecular weight excluding hydrogens is 310 g/mol. The molecule has 0 unspecified atom stereocenters. The molecule has 6 nitrogen and oxygen atoms in total. The molecule has 1 fully saturated rings. The maximum absolute atomic E-state index is 5.86. The Hall–Kier alpha value is -0.893. The molecule has 132 valence electrons. The Morgan fingerprint density at radius 2 is 1.96 bits per heavy atom. The fourth-order valence-electron chi connectivity index (χ4n) is 2.36. The molecule has 1 aromatic rings. The predicted octanol–water partition coefficient (Wildman–Crippen LogP) is 2.21. The molecule has 1 aromatic heterocycles. The molecule has 1 saturated heterocycles. The number of hydrogen-bond acceptors (Lipinski definition) is 5. The van der Waals surface area contributed by atoms with Crippen LogP contribution in [0.5, 0.6) is 6.01 Å². The van der Waals surface area contributed by atoms with Crippen LogP contribution in [-0.4, -0.2) is 68.6 Å². The van der Waals surface area contributed by atoms with Crippen LogP contribution in [-0.2, 0) is 16.2 Å². The minimum Gasteiger partial charge on any atom is -0.463 e. The van der Waals surface area contributed by atoms with E-state index in [9.17, 15) is 0 Å². The Morgan fingerprint density at radius 3 is 2.65 bits per heavy atom. The van der Waals surface area contributed by atoms with E-state index in [2.05, 4.69) is 29.5 Å². The average molecular weight is 342 g/mol. The van der Waals surface area contributed by atoms with Crippen LogP contribution in [0.2, 0.25) is 25.7 Å². The average Bonchev–Trinajstić information content (AvgIpc) is 2.84. The van der Waals surface area contributed by atoms with E-state index in [0.29, 0.717) is 19.3 Å². The van der Waals surface area contributed by atoms with Crippen LogP contribution in [0.1, 0.15) is 5.69 Å². The number of morpholine rings is 1. The van der Waals surface area contributed by atoms with Crippen molar-refractivity contribution >= 4 is 8.07 Å². The van der Waals surface area contributed by atoms with E-state index in [0.717, 1.165) is 45.1 Å². The first-order valence-electron chi connectivity index (χ1n) is 8.48. The van der Waals surface area contributed by atoms with Crippen molar-refractivity contribution in [2.45, 2.75) is 39.3 Å². The van der Waals surface area contributed by atoms with Crippen molar-refractivity contribution in [3.8, 4) is 6.01 Å². The van der Waals surface area contributed by atoms with Gasteiger partial charge in [0.05, 0.1) is 18.9 Å². The van der Waals surface area contributed by atoms with Gasteiger partial charge in [-0.05, 0) is 13.0 Å². The Bertz CT molecular complexity index is 468. The fourth-order valence-corrected chi connectivity index (χ4v) is 3.12. The quantitative estimate of drug-likeness (QED) is 0.509. The standard InChI is InChI=1S/C16H31N3O3Si/c1-15-13-19(14-21-11-12-23(2,3)4)16(17-15)22-10-7-18-5-8-20-9-6-18/h13H,5-12,14H2,1-4H3. The summed E-state index contributed by atoms with van der Waals surface area (Å²) in [5.74, 6) is 0. The molecule has 2 heterocycles. The van der Waals surface area contributed by atoms with Gasteiger partial charge in [0, 0.05) is 40.5 Å². The highest BCUT2D eigenvalue weighted by molar-refractivity contribution is 6.76. The number of ether oxygens (including phenoxy) is 3. The zero-order valence-electron chi connectivity index (χ0n) is 15.0. The Morgan fingerprint density at radius 1 is 1.22 bits per heavy atom. The molecule has 0 aliphatic carbocycles. The highest BCUT2D eigenvalue weighted by atomic mass is 28.3. The maximum Gasteiger partial charge on any atom is 0.298 e. The third-order valence-electron chi connectivity index (χ3n) is 3.83. The van der Waals surface area contributed by atoms with Crippen molar-refractivity contribution < 1.29 is 14.2 Å². The van der Waals surface area contributed by atoms with Crippen molar-refractivity contribution in [2.24, 2.45) is 0 Å². The monoisotopic (exact) mass is 341 g/mol. The van der Waals surface area contributed by atoms with Crippen LogP contribution in [0.4, 0.5) is 0 Å². The minimum atomic E-state index is -1.04. The van der Waals surface area contributed by atoms with E-state index in [4.69, 9.17) is 14.2 Å². The molecule has 0 atom stereocenters. The molecule has 0 radical (unpaired) electrons. The van der Waals surface area contributed by atoms with Gasteiger partial charge in [0.1, 0.15) is 13.3 Å². The van der Waals surface area contributed by atoms with Gasteiger partial charge in [-0.3, -0.25) is 9.47 Å². The van der Waals surface area contributed by atoms with Gasteiger partial charge in [-0.2, -0.15) is 0 Å². The summed E-state index contributed by atoms with van der Waals surface area (Å²) in [6.07, 6.45) is 1.98. The second kappa shape index (κ2) is 8.82. The normalized spacial score (nSPS) is 16.7. The summed E-state index contributed by atoms with van der Waals surface area (Å²) in [5, 5.41) is 0. The molecule has 7 heteroatoms. The third kappa shape index (κ3) is 7.03. The Kier molecular flexibility index (Phi) is 7.07. The molecule has 1 aliphatic rings. The van der Waals surface area contributed by atoms with Crippen LogP contribution in [0.25, 0.3) is 0 Å². The molecular formula is C16H31N3O3Si. The summed E-state index contributed by atoms with van der Waals surface area (Å²) in [6.45, 7) is 15.5. The number of imidazole rings is 1. The molecule has 1 aliphatic heterocycles. The van der Waals surface area contributed by atoms with Crippen molar-refractivity contribution in [2.75, 3.05) is 46.1 Å². The van der Waals surface area contributed by atoms with Gasteiger partial charge < -0.3 is 14.2 Å². The van der Waals surface area contributed by atoms with Gasteiger partial charge >= 0.3 is 0 Å². The van der Waals surface area contributed by atoms with Crippen LogP contribution in [0.15, 0.2) is 6.20 Å². The van der Waals surface area contributed by atoms with Crippen molar-refractivity contribution in [3.05, 3.63) is 11.9 Å². The van der Waals surface area contributed by atoms with Crippen LogP contribution >= 0.6 is 0 Å². The lowest BCUT2D eigenvalue weighted by molar-refractivity contribution is 0.0302. The summed E-state index contributed by atoms with van der Waals surface area (Å²) < 4.78 is 19.0. The summed E-state index contributed by atoms with van der Waals surface area (Å²) in [4.78, 5) is 6.80. The Balaban J connectivity index is 1.73. The number of nitrogens with zero attached hydrogens (tertiary/aromatic N) is 3. The molecule has 0 spiro atoms. The molecule has 0 saturated carbocycles. The third-order valence-corrected chi connectivity index (χ3v) is 5.53. The maximum atomic E-state index is 5.86. The summed E-state index contributed by atoms with van der Waals surface area (Å²) in [5.41, 5.74) is 0.958. The number of aryl methyl sites for hydroxylation is 1. The number of hydrogen-bond donors (Lipinski definition) is 0. The summed E-state index contributed by atoms with van der Waals surface area (Å²) >= 11 is 0. The van der Waals surface area contributed by atoms with Crippen LogP contribution < -0.4 is 4.74 Å². The zero-order valence-corrected chi connectivity index (χ0v) is 16.0. The van der Waals surface area contributed by atoms with E-state index in [1.807, 2.05) is 17.7 Å². The molecule has 2 rings (SSSR count). The second-order valence-electron chi connectivity index (χ2n) is 7.29. The fraction of sp³-hybridized carbons (Fsp3) is 0.812. The van der Waals surface area contributed by atoms with Gasteiger partial charge in [-0.1, -0.05) is 19.6 Å². The van der Waals surface area contributed by atoms with Crippen molar-refractivity contribution in [1.82, 2.24) is 14.5 Å². The molecule has 0 bridgehead atoms. The molecule has 0 aromatic carbocycles. The number of rotatable bonds is 9. The first-order valence-corrected chi connectivity index (χ1v) is 12.2. The lowest BCUT2D eigenvalue weighted by Gasteiger charge is -2.26. The van der Waals surface area contributed by atoms with E-state index in [1.54, 1.807) is 0 Å². The number of aromatic nitrogens is 2. The molecule has 0 N–H and O–H groups in total. The minimum absolute atomic E-state index is 0.512. The highest BCUT2D eigenvalue weighted by Gasteiger charge is 2.14. The first kappa shape index (κ1) is 18.4. The largest absolute Gasteiger partial charge is 0.463 e. The van der Waals surface area contributed by atoms with E-state index < -0.39 is 8.07 Å². The van der Waals surface area contributed by atoms with Crippen LogP contribution in [0, 0.1) is 6.92 Å². The van der Waals surface area contributed by atoms with E-state index in [1.165, 1.54) is 6.04 Å². The lowest BCUT2D eigenvalue weighted by atomic mass is 10.4. The molecule has 23 heavy (non-hydrogen) atoms. The van der Waals surface area contributed by atoms with Crippen molar-refractivity contribution in [3.63, 3.8) is 0 Å². The van der Waals surface area contributed by atoms with Crippen molar-refractivity contribution in [1.29, 1.82) is 0 Å². The second-order valence-corrected chi connectivity index (χ2v) is 12.9. The predicted molar refractivity (Wildman–Crippen MR) is 93.8 cm³/mol. The topological polar surface area (TPSA) is 48.8 Å². The Labute approximate surface area is 140 Å². The molecule has 0 amide bonds. The zero-order chi connectivity index (χ0) is 16.7. The smallest absolute Gasteiger partial charge is 0.298 e. The van der Waals surface area contributed by atoms with Crippen LogP contribution in [0.3, 0.4) is 0 Å². The van der Waals surface area contributed by atoms with Gasteiger partial charge in [0.2, 0.25) is 0 Å². The van der Waals surface area contributed by atoms with E-state index in [-0.39, 0.29) is 0 Å². The summed E-state index contributed by atoms with van der Waals surface area (Å²) in [6, 6.07) is 1.83. The van der Waals surface area contributed by atoms with Gasteiger partial charge in [-0.25, -0.2) is 4.98 Å². The van der Waals surface area contributed by atoms with Gasteiger partial charge in [0.15, 0.2) is 0 Å². The first-order chi connectivity index (χ1) is 10.9. The SMILES string of the molecule is Cc1cn(COCC[Si](C)(C)C)c(OCCN2CCOCC2)n1. The van der Waals surface area contributed by atoms with Gasteiger partial charge in [0.25, 0.3) is 6.01 Å². The lowest BCUT2D eigenvalue weighted by Crippen LogP contribution is -2.38. The highest BCUT2D eigenvalue weighted by Crippen LogP contribution is 2.13. The van der Waals surface area contributed by atoms with Gasteiger partial charge in [-0.15, -0.1) is 0 Å². The summed E-state index contributed by atoms with van der Waals surface area (Å²) in [7, 11) is -1.04.